The number of thioether (sulfide) groups is 2. The summed E-state index contributed by atoms with van der Waals surface area (Å²) in [6.07, 6.45) is 5.22. The topological polar surface area (TPSA) is 204 Å². The number of oxime groups is 1. The Kier molecular flexibility index (Phi) is 8.12. The van der Waals surface area contributed by atoms with Gasteiger partial charge in [0.2, 0.25) is 16.7 Å². The van der Waals surface area contributed by atoms with Crippen molar-refractivity contribution < 1.29 is 24.3 Å². The number of nitrogen functional groups attached to an aromatic ring is 1. The Bertz CT molecular complexity index is 1350. The van der Waals surface area contributed by atoms with Gasteiger partial charge in [-0.2, -0.15) is 9.36 Å². The van der Waals surface area contributed by atoms with E-state index in [0.717, 1.165) is 37.2 Å². The predicted octanol–water partition coefficient (Wildman–Crippen LogP) is 0.487. The minimum Gasteiger partial charge on any atom is -0.477 e. The Morgan fingerprint density at radius 2 is 2.15 bits per heavy atom. The summed E-state index contributed by atoms with van der Waals surface area (Å²) in [6, 6.07) is -0.960. The second-order valence-electron chi connectivity index (χ2n) is 8.75. The monoisotopic (exact) mass is 592 g/mol. The number of nitrogens with one attached hydrogen (secondary N) is 1. The molecule has 2 amide bonds. The number of carbonyl (C=O) groups is 3. The highest BCUT2D eigenvalue weighted by Crippen LogP contribution is 2.41. The van der Waals surface area contributed by atoms with Crippen LogP contribution in [0.15, 0.2) is 34.2 Å². The van der Waals surface area contributed by atoms with Crippen LogP contribution in [0.3, 0.4) is 0 Å². The molecule has 2 fully saturated rings. The molecule has 4 N–H and O–H groups in total. The molecule has 15 nitrogen and oxygen atoms in total. The fraction of sp³-hybridized carbons (Fsp3) is 0.476. The fourth-order valence-corrected chi connectivity index (χ4v) is 7.13. The average Bonchev–Trinajstić information content (AvgIpc) is 3.69. The van der Waals surface area contributed by atoms with E-state index in [2.05, 4.69) is 41.9 Å². The summed E-state index contributed by atoms with van der Waals surface area (Å²) in [4.78, 5) is 49.3. The maximum Gasteiger partial charge on any atom is 0.352 e. The molecule has 2 aromatic heterocycles. The summed E-state index contributed by atoms with van der Waals surface area (Å²) in [7, 11) is 0. The molecular weight excluding hydrogens is 568 g/mol. The van der Waals surface area contributed by atoms with E-state index in [0.29, 0.717) is 23.0 Å². The van der Waals surface area contributed by atoms with E-state index in [1.54, 1.807) is 6.08 Å². The van der Waals surface area contributed by atoms with Gasteiger partial charge < -0.3 is 21.0 Å². The molecule has 39 heavy (non-hydrogen) atoms. The molecule has 0 bridgehead atoms. The third kappa shape index (κ3) is 5.62. The van der Waals surface area contributed by atoms with E-state index in [-0.39, 0.29) is 34.2 Å². The molecule has 4 heterocycles. The average molecular weight is 593 g/mol. The Morgan fingerprint density at radius 1 is 1.36 bits per heavy atom. The van der Waals surface area contributed by atoms with Crippen LogP contribution in [0.5, 0.6) is 0 Å². The van der Waals surface area contributed by atoms with Gasteiger partial charge in [-0.05, 0) is 41.7 Å². The van der Waals surface area contributed by atoms with E-state index >= 15 is 0 Å². The van der Waals surface area contributed by atoms with Crippen LogP contribution >= 0.6 is 35.1 Å². The first-order valence-corrected chi connectivity index (χ1v) is 14.7. The molecule has 0 aromatic carbocycles. The predicted molar refractivity (Wildman–Crippen MR) is 143 cm³/mol. The Labute approximate surface area is 234 Å². The van der Waals surface area contributed by atoms with Crippen molar-refractivity contribution in [2.75, 3.05) is 17.2 Å². The number of aliphatic carboxylic acids is 1. The number of nitrogens with two attached hydrogens (primary N) is 1. The van der Waals surface area contributed by atoms with Crippen LogP contribution in [0.25, 0.3) is 0 Å². The summed E-state index contributed by atoms with van der Waals surface area (Å²) >= 11 is 3.52. The number of tetrazole rings is 1. The first-order valence-electron chi connectivity index (χ1n) is 11.9. The van der Waals surface area contributed by atoms with Gasteiger partial charge in [-0.25, -0.2) is 9.48 Å². The van der Waals surface area contributed by atoms with Crippen LogP contribution in [0.4, 0.5) is 5.13 Å². The smallest absolute Gasteiger partial charge is 0.352 e. The number of aromatic nitrogens is 6. The number of carbonyl (C=O) groups excluding carboxylic acids is 2. The van der Waals surface area contributed by atoms with Crippen molar-refractivity contribution in [1.82, 2.24) is 39.8 Å². The number of hydrogen-bond acceptors (Lipinski definition) is 14. The van der Waals surface area contributed by atoms with Crippen LogP contribution in [0.2, 0.25) is 0 Å². The number of carboxylic acids is 1. The normalized spacial score (nSPS) is 21.5. The number of hydrogen-bond donors (Lipinski definition) is 3. The summed E-state index contributed by atoms with van der Waals surface area (Å²) in [6.45, 7) is 4.07. The number of amides is 2. The molecule has 0 spiro atoms. The highest BCUT2D eigenvalue weighted by atomic mass is 32.2. The molecule has 5 rings (SSSR count). The van der Waals surface area contributed by atoms with Gasteiger partial charge in [0, 0.05) is 23.0 Å². The van der Waals surface area contributed by atoms with Crippen molar-refractivity contribution in [3.05, 3.63) is 29.7 Å². The summed E-state index contributed by atoms with van der Waals surface area (Å²) in [5.74, 6) is -1.87. The maximum atomic E-state index is 13.2. The number of β-lactam (4-membered cyclic amide) rings is 1. The zero-order valence-electron chi connectivity index (χ0n) is 20.4. The number of anilines is 1. The lowest BCUT2D eigenvalue weighted by molar-refractivity contribution is -0.150. The Balaban J connectivity index is 1.30. The lowest BCUT2D eigenvalue weighted by Crippen LogP contribution is -2.71. The van der Waals surface area contributed by atoms with E-state index in [4.69, 9.17) is 10.6 Å². The van der Waals surface area contributed by atoms with Crippen molar-refractivity contribution in [2.24, 2.45) is 5.16 Å². The highest BCUT2D eigenvalue weighted by molar-refractivity contribution is 8.01. The lowest BCUT2D eigenvalue weighted by atomic mass is 10.0. The SMILES string of the molecule is C=CCn1nnnc1SCC1=C(C(=O)O)N2C(=O)C(NC(=O)C(=NOC3CCCC3)c3nsc(N)n3)[C@@H]2SC1. The molecule has 1 saturated carbocycles. The number of carboxylic acid groups (broad SMARTS) is 1. The molecule has 2 aliphatic heterocycles. The zero-order chi connectivity index (χ0) is 27.5. The standard InChI is InChI=1S/C21H24N10O5S3/c1-2-7-30-21(25-28-29-30)38-9-10-8-37-18-13(17(33)31(18)14(10)19(34)35)23-16(32)12(15-24-20(22)39-27-15)26-36-11-5-3-4-6-11/h2,11,13,18H,1,3-9H2,(H,23,32)(H,34,35)(H2,22,24,27)/t13?,18-/m0/s1. The first kappa shape index (κ1) is 27.1. The van der Waals surface area contributed by atoms with E-state index in [1.165, 1.54) is 33.1 Å². The second-order valence-corrected chi connectivity index (χ2v) is 11.6. The number of fused-ring (bicyclic) bond motifs is 1. The second kappa shape index (κ2) is 11.7. The fourth-order valence-electron chi connectivity index (χ4n) is 4.33. The molecule has 0 radical (unpaired) electrons. The van der Waals surface area contributed by atoms with Gasteiger partial charge >= 0.3 is 5.97 Å². The van der Waals surface area contributed by atoms with Crippen molar-refractivity contribution >= 4 is 63.7 Å². The minimum atomic E-state index is -1.23. The van der Waals surface area contributed by atoms with Gasteiger partial charge in [0.1, 0.15) is 23.2 Å². The molecule has 3 aliphatic rings. The third-order valence-corrected chi connectivity index (χ3v) is 9.10. The number of nitrogens with zero attached hydrogens (tertiary/aromatic N) is 8. The third-order valence-electron chi connectivity index (χ3n) is 6.18. The van der Waals surface area contributed by atoms with Gasteiger partial charge in [-0.1, -0.05) is 23.0 Å². The van der Waals surface area contributed by atoms with E-state index < -0.39 is 29.2 Å². The molecular formula is C21H24N10O5S3. The van der Waals surface area contributed by atoms with Gasteiger partial charge in [-0.15, -0.1) is 23.4 Å². The van der Waals surface area contributed by atoms with Crippen LogP contribution in [0.1, 0.15) is 31.5 Å². The summed E-state index contributed by atoms with van der Waals surface area (Å²) < 4.78 is 5.60. The van der Waals surface area contributed by atoms with Gasteiger partial charge in [0.25, 0.3) is 11.8 Å². The minimum absolute atomic E-state index is 0.00264. The molecule has 1 unspecified atom stereocenters. The first-order chi connectivity index (χ1) is 18.9. The maximum absolute atomic E-state index is 13.2. The van der Waals surface area contributed by atoms with Crippen LogP contribution in [-0.4, -0.2) is 92.1 Å². The molecule has 1 saturated heterocycles. The summed E-state index contributed by atoms with van der Waals surface area (Å²) in [5.41, 5.74) is 5.95. The van der Waals surface area contributed by atoms with E-state index in [9.17, 15) is 19.5 Å². The van der Waals surface area contributed by atoms with Gasteiger partial charge in [0.15, 0.2) is 5.13 Å². The van der Waals surface area contributed by atoms with Crippen molar-refractivity contribution in [3.8, 4) is 0 Å². The van der Waals surface area contributed by atoms with Gasteiger partial charge in [0.05, 0.1) is 6.54 Å². The Hall–Kier alpha value is -3.51. The molecule has 2 atom stereocenters. The molecule has 1 aliphatic carbocycles. The van der Waals surface area contributed by atoms with Crippen molar-refractivity contribution in [2.45, 2.75) is 54.9 Å². The molecule has 2 aromatic rings. The van der Waals surface area contributed by atoms with Crippen molar-refractivity contribution in [3.63, 3.8) is 0 Å². The highest BCUT2D eigenvalue weighted by Gasteiger charge is 2.54. The summed E-state index contributed by atoms with van der Waals surface area (Å²) in [5, 5.41) is 28.1. The number of allylic oxidation sites excluding steroid dienone is 1. The van der Waals surface area contributed by atoms with Crippen LogP contribution in [-0.2, 0) is 25.8 Å². The molecule has 18 heteroatoms. The lowest BCUT2D eigenvalue weighted by Gasteiger charge is -2.49. The van der Waals surface area contributed by atoms with Crippen LogP contribution in [0, 0.1) is 0 Å². The quantitative estimate of drug-likeness (QED) is 0.107. The van der Waals surface area contributed by atoms with Crippen LogP contribution < -0.4 is 11.1 Å². The van der Waals surface area contributed by atoms with Crippen molar-refractivity contribution in [1.29, 1.82) is 0 Å². The van der Waals surface area contributed by atoms with E-state index in [1.807, 2.05) is 0 Å². The largest absolute Gasteiger partial charge is 0.477 e. The number of rotatable bonds is 11. The Morgan fingerprint density at radius 3 is 2.85 bits per heavy atom. The zero-order valence-corrected chi connectivity index (χ0v) is 22.9. The van der Waals surface area contributed by atoms with Gasteiger partial charge in [-0.3, -0.25) is 14.5 Å². The molecule has 206 valence electrons.